The van der Waals surface area contributed by atoms with E-state index in [1.54, 1.807) is 0 Å². The van der Waals surface area contributed by atoms with Crippen molar-refractivity contribution < 1.29 is 4.79 Å². The van der Waals surface area contributed by atoms with Crippen LogP contribution in [0.4, 0.5) is 0 Å². The third-order valence-electron chi connectivity index (χ3n) is 2.77. The van der Waals surface area contributed by atoms with Crippen LogP contribution in [-0.4, -0.2) is 11.9 Å². The van der Waals surface area contributed by atoms with E-state index in [0.29, 0.717) is 5.56 Å². The maximum absolute atomic E-state index is 11.9. The average molecular weight is 251 g/mol. The van der Waals surface area contributed by atoms with Crippen LogP contribution in [0.15, 0.2) is 66.7 Å². The summed E-state index contributed by atoms with van der Waals surface area (Å²) in [5, 5.41) is 2.94. The minimum absolute atomic E-state index is 0.00656. The Morgan fingerprint density at radius 3 is 2.21 bits per heavy atom. The fourth-order valence-electron chi connectivity index (χ4n) is 1.75. The first-order chi connectivity index (χ1) is 9.25. The molecule has 1 atom stereocenters. The van der Waals surface area contributed by atoms with E-state index in [0.717, 1.165) is 5.56 Å². The van der Waals surface area contributed by atoms with Crippen molar-refractivity contribution in [3.8, 4) is 0 Å². The monoisotopic (exact) mass is 251 g/mol. The summed E-state index contributed by atoms with van der Waals surface area (Å²) in [5.74, 6) is -0.0502. The predicted octanol–water partition coefficient (Wildman–Crippen LogP) is 3.52. The van der Waals surface area contributed by atoms with Crippen molar-refractivity contribution in [2.24, 2.45) is 0 Å². The maximum Gasteiger partial charge on any atom is 0.251 e. The fourth-order valence-corrected chi connectivity index (χ4v) is 1.75. The molecule has 0 aromatic heterocycles. The molecule has 0 saturated carbocycles. The van der Waals surface area contributed by atoms with Crippen molar-refractivity contribution in [1.29, 1.82) is 0 Å². The number of hydrogen-bond acceptors (Lipinski definition) is 1. The van der Waals surface area contributed by atoms with Crippen LogP contribution in [0, 0.1) is 0 Å². The van der Waals surface area contributed by atoms with Crippen LogP contribution in [0.5, 0.6) is 0 Å². The van der Waals surface area contributed by atoms with Gasteiger partial charge in [0.2, 0.25) is 0 Å². The molecule has 0 spiro atoms. The molecule has 2 aromatic carbocycles. The van der Waals surface area contributed by atoms with Crippen LogP contribution in [0.2, 0.25) is 0 Å². The number of amides is 1. The Morgan fingerprint density at radius 1 is 1.00 bits per heavy atom. The van der Waals surface area contributed by atoms with Gasteiger partial charge in [0.25, 0.3) is 5.91 Å². The number of hydrogen-bond donors (Lipinski definition) is 1. The lowest BCUT2D eigenvalue weighted by atomic mass is 10.1. The van der Waals surface area contributed by atoms with E-state index in [2.05, 4.69) is 5.32 Å². The van der Waals surface area contributed by atoms with E-state index < -0.39 is 0 Å². The molecule has 0 radical (unpaired) electrons. The molecule has 0 saturated heterocycles. The molecular weight excluding hydrogens is 234 g/mol. The van der Waals surface area contributed by atoms with Crippen LogP contribution in [0.25, 0.3) is 6.08 Å². The Kier molecular flexibility index (Phi) is 4.51. The summed E-state index contributed by atoms with van der Waals surface area (Å²) in [6.07, 6.45) is 3.99. The first-order valence-corrected chi connectivity index (χ1v) is 6.35. The van der Waals surface area contributed by atoms with Gasteiger partial charge in [-0.1, -0.05) is 60.7 Å². The van der Waals surface area contributed by atoms with Crippen molar-refractivity contribution in [3.63, 3.8) is 0 Å². The lowest BCUT2D eigenvalue weighted by Crippen LogP contribution is -2.30. The van der Waals surface area contributed by atoms with Gasteiger partial charge in [0, 0.05) is 11.6 Å². The van der Waals surface area contributed by atoms with Crippen LogP contribution in [0.1, 0.15) is 22.8 Å². The molecule has 0 heterocycles. The first-order valence-electron chi connectivity index (χ1n) is 6.35. The van der Waals surface area contributed by atoms with Gasteiger partial charge in [-0.05, 0) is 24.6 Å². The number of carbonyl (C=O) groups is 1. The summed E-state index contributed by atoms with van der Waals surface area (Å²) in [7, 11) is 0. The molecule has 0 aliphatic rings. The van der Waals surface area contributed by atoms with Gasteiger partial charge < -0.3 is 5.32 Å². The zero-order valence-corrected chi connectivity index (χ0v) is 10.9. The van der Waals surface area contributed by atoms with Crippen molar-refractivity contribution in [2.75, 3.05) is 0 Å². The molecule has 1 N–H and O–H groups in total. The van der Waals surface area contributed by atoms with Crippen molar-refractivity contribution >= 4 is 12.0 Å². The molecule has 1 unspecified atom stereocenters. The molecule has 96 valence electrons. The van der Waals surface area contributed by atoms with E-state index in [1.807, 2.05) is 79.7 Å². The van der Waals surface area contributed by atoms with E-state index in [4.69, 9.17) is 0 Å². The van der Waals surface area contributed by atoms with Gasteiger partial charge >= 0.3 is 0 Å². The van der Waals surface area contributed by atoms with Gasteiger partial charge in [-0.15, -0.1) is 0 Å². The Morgan fingerprint density at radius 2 is 1.58 bits per heavy atom. The van der Waals surface area contributed by atoms with Crippen LogP contribution in [0.3, 0.4) is 0 Å². The zero-order chi connectivity index (χ0) is 13.5. The second-order valence-corrected chi connectivity index (χ2v) is 4.40. The largest absolute Gasteiger partial charge is 0.346 e. The van der Waals surface area contributed by atoms with Crippen LogP contribution < -0.4 is 5.32 Å². The number of carbonyl (C=O) groups excluding carboxylic acids is 1. The Hall–Kier alpha value is -2.35. The Bertz CT molecular complexity index is 546. The minimum atomic E-state index is -0.0502. The Balaban J connectivity index is 1.93. The molecule has 2 aromatic rings. The standard InChI is InChI=1S/C17H17NO/c1-14(12-13-15-8-4-2-5-9-15)18-17(19)16-10-6-3-7-11-16/h2-14H,1H3,(H,18,19)/b13-12+. The summed E-state index contributed by atoms with van der Waals surface area (Å²) in [4.78, 5) is 11.9. The molecule has 0 fully saturated rings. The fraction of sp³-hybridized carbons (Fsp3) is 0.118. The normalized spacial score (nSPS) is 12.3. The summed E-state index contributed by atoms with van der Waals surface area (Å²) in [5.41, 5.74) is 1.81. The van der Waals surface area contributed by atoms with Crippen molar-refractivity contribution in [2.45, 2.75) is 13.0 Å². The third-order valence-corrected chi connectivity index (χ3v) is 2.77. The SMILES string of the molecule is CC(/C=C/c1ccccc1)NC(=O)c1ccccc1. The zero-order valence-electron chi connectivity index (χ0n) is 10.9. The van der Waals surface area contributed by atoms with E-state index in [9.17, 15) is 4.79 Å². The first kappa shape index (κ1) is 13.1. The smallest absolute Gasteiger partial charge is 0.251 e. The highest BCUT2D eigenvalue weighted by Gasteiger charge is 2.06. The lowest BCUT2D eigenvalue weighted by molar-refractivity contribution is 0.0947. The summed E-state index contributed by atoms with van der Waals surface area (Å²) in [6.45, 7) is 1.96. The van der Waals surface area contributed by atoms with Crippen molar-refractivity contribution in [1.82, 2.24) is 5.32 Å². The molecule has 0 aliphatic heterocycles. The molecular formula is C17H17NO. The number of rotatable bonds is 4. The predicted molar refractivity (Wildman–Crippen MR) is 78.8 cm³/mol. The van der Waals surface area contributed by atoms with Gasteiger partial charge in [-0.3, -0.25) is 4.79 Å². The molecule has 19 heavy (non-hydrogen) atoms. The number of benzene rings is 2. The molecule has 1 amide bonds. The molecule has 2 heteroatoms. The molecule has 2 nitrogen and oxygen atoms in total. The highest BCUT2D eigenvalue weighted by Crippen LogP contribution is 2.03. The van der Waals surface area contributed by atoms with Crippen LogP contribution in [-0.2, 0) is 0 Å². The lowest BCUT2D eigenvalue weighted by Gasteiger charge is -2.09. The summed E-state index contributed by atoms with van der Waals surface area (Å²) >= 11 is 0. The van der Waals surface area contributed by atoms with Gasteiger partial charge in [0.1, 0.15) is 0 Å². The second-order valence-electron chi connectivity index (χ2n) is 4.40. The quantitative estimate of drug-likeness (QED) is 0.885. The number of nitrogens with one attached hydrogen (secondary N) is 1. The third kappa shape index (κ3) is 4.11. The molecule has 0 aliphatic carbocycles. The average Bonchev–Trinajstić information content (AvgIpc) is 2.47. The topological polar surface area (TPSA) is 29.1 Å². The van der Waals surface area contributed by atoms with Gasteiger partial charge in [-0.25, -0.2) is 0 Å². The van der Waals surface area contributed by atoms with E-state index >= 15 is 0 Å². The van der Waals surface area contributed by atoms with E-state index in [-0.39, 0.29) is 11.9 Å². The van der Waals surface area contributed by atoms with Gasteiger partial charge in [-0.2, -0.15) is 0 Å². The summed E-state index contributed by atoms with van der Waals surface area (Å²) in [6, 6.07) is 19.3. The van der Waals surface area contributed by atoms with Gasteiger partial charge in [0.15, 0.2) is 0 Å². The van der Waals surface area contributed by atoms with Crippen LogP contribution >= 0.6 is 0 Å². The van der Waals surface area contributed by atoms with E-state index in [1.165, 1.54) is 0 Å². The highest BCUT2D eigenvalue weighted by atomic mass is 16.1. The molecule has 0 bridgehead atoms. The molecule has 2 rings (SSSR count). The Labute approximate surface area is 113 Å². The maximum atomic E-state index is 11.9. The summed E-state index contributed by atoms with van der Waals surface area (Å²) < 4.78 is 0. The highest BCUT2D eigenvalue weighted by molar-refractivity contribution is 5.94. The second kappa shape index (κ2) is 6.55. The van der Waals surface area contributed by atoms with Crippen molar-refractivity contribution in [3.05, 3.63) is 77.9 Å². The minimum Gasteiger partial charge on any atom is -0.346 e. The van der Waals surface area contributed by atoms with Gasteiger partial charge in [0.05, 0.1) is 0 Å².